The van der Waals surface area contributed by atoms with Crippen molar-refractivity contribution in [3.63, 3.8) is 0 Å². The molecule has 6 aromatic rings. The number of ether oxygens (including phenoxy) is 2. The number of hydrogen-bond donors (Lipinski definition) is 0. The first-order valence-electron chi connectivity index (χ1n) is 15.2. The van der Waals surface area contributed by atoms with E-state index >= 15 is 0 Å². The molecule has 0 saturated carbocycles. The molecular formula is C35H35N5O3S. The zero-order valence-corrected chi connectivity index (χ0v) is 25.8. The maximum atomic E-state index is 13.5. The normalized spacial score (nSPS) is 11.8. The van der Waals surface area contributed by atoms with Crippen molar-refractivity contribution >= 4 is 22.4 Å². The lowest BCUT2D eigenvalue weighted by Crippen LogP contribution is -2.23. The van der Waals surface area contributed by atoms with Crippen molar-refractivity contribution in [3.05, 3.63) is 106 Å². The fraction of sp³-hybridized carbons (Fsp3) is 0.257. The predicted octanol–water partition coefficient (Wildman–Crippen LogP) is 6.97. The molecule has 8 nitrogen and oxygen atoms in total. The lowest BCUT2D eigenvalue weighted by molar-refractivity contribution is 0.306. The molecule has 0 atom stereocenters. The number of thiazole rings is 1. The molecule has 0 aliphatic heterocycles. The molecule has 224 valence electrons. The summed E-state index contributed by atoms with van der Waals surface area (Å²) in [6.07, 6.45) is 9.28. The van der Waals surface area contributed by atoms with Gasteiger partial charge in [0.15, 0.2) is 5.82 Å². The summed E-state index contributed by atoms with van der Waals surface area (Å²) in [5.74, 6) is 2.15. The molecule has 44 heavy (non-hydrogen) atoms. The highest BCUT2D eigenvalue weighted by molar-refractivity contribution is 7.15. The van der Waals surface area contributed by atoms with Crippen LogP contribution in [-0.4, -0.2) is 37.6 Å². The zero-order valence-electron chi connectivity index (χ0n) is 25.0. The molecule has 0 bridgehead atoms. The Balaban J connectivity index is 1.30. The average molecular weight is 606 g/mol. The summed E-state index contributed by atoms with van der Waals surface area (Å²) in [5, 5.41) is 9.45. The second-order valence-electron chi connectivity index (χ2n) is 10.6. The molecule has 9 heteroatoms. The first-order chi connectivity index (χ1) is 21.6. The van der Waals surface area contributed by atoms with Crippen LogP contribution in [0.5, 0.6) is 11.5 Å². The number of aromatic nitrogens is 5. The summed E-state index contributed by atoms with van der Waals surface area (Å²) >= 11 is 1.32. The van der Waals surface area contributed by atoms with Crippen molar-refractivity contribution in [3.8, 4) is 39.8 Å². The highest BCUT2D eigenvalue weighted by atomic mass is 32.1. The third-order valence-corrected chi connectivity index (χ3v) is 8.21. The first kappa shape index (κ1) is 29.3. The van der Waals surface area contributed by atoms with E-state index in [-0.39, 0.29) is 5.56 Å². The first-order valence-corrected chi connectivity index (χ1v) is 16.0. The van der Waals surface area contributed by atoms with Gasteiger partial charge in [0, 0.05) is 22.9 Å². The van der Waals surface area contributed by atoms with Gasteiger partial charge < -0.3 is 9.47 Å². The maximum absolute atomic E-state index is 13.5. The smallest absolute Gasteiger partial charge is 0.291 e. The number of fused-ring (bicyclic) bond motifs is 1. The van der Waals surface area contributed by atoms with Crippen LogP contribution in [0.4, 0.5) is 0 Å². The average Bonchev–Trinajstić information content (AvgIpc) is 3.75. The monoisotopic (exact) mass is 605 g/mol. The number of benzene rings is 3. The molecule has 0 amide bonds. The van der Waals surface area contributed by atoms with Crippen molar-refractivity contribution in [2.45, 2.75) is 46.0 Å². The Labute approximate surface area is 260 Å². The van der Waals surface area contributed by atoms with Gasteiger partial charge in [0.25, 0.3) is 5.56 Å². The number of nitrogens with zero attached hydrogens (tertiary/aromatic N) is 5. The Bertz CT molecular complexity index is 1930. The number of unbranched alkanes of at least 4 members (excludes halogenated alkanes) is 3. The second-order valence-corrected chi connectivity index (χ2v) is 11.6. The standard InChI is InChI=1S/C35H35N5O3S/c1-3-5-10-22-43-30-19-15-26(16-20-30)33-36-35-40(38-33)34(41)31(44-35)23-27-24-39(28-11-8-7-9-12-28)37-32(27)25-13-17-29(18-14-25)42-21-6-4-2/h7-9,11-20,23-24H,3-6,10,21-22H2,1-2H3. The Morgan fingerprint density at radius 3 is 2.09 bits per heavy atom. The number of hydrogen-bond acceptors (Lipinski definition) is 7. The SMILES string of the molecule is CCCCCOc1ccc(-c2nc3sc(=Cc4cn(-c5ccccc5)nc4-c4ccc(OCCCC)cc4)c(=O)n3n2)cc1. The van der Waals surface area contributed by atoms with Crippen molar-refractivity contribution in [1.29, 1.82) is 0 Å². The number of para-hydroxylation sites is 1. The van der Waals surface area contributed by atoms with Gasteiger partial charge >= 0.3 is 0 Å². The molecule has 0 aliphatic carbocycles. The van der Waals surface area contributed by atoms with Gasteiger partial charge in [-0.1, -0.05) is 62.6 Å². The lowest BCUT2D eigenvalue weighted by atomic mass is 10.1. The van der Waals surface area contributed by atoms with Crippen molar-refractivity contribution in [2.75, 3.05) is 13.2 Å². The second kappa shape index (κ2) is 13.7. The van der Waals surface area contributed by atoms with Gasteiger partial charge in [-0.3, -0.25) is 4.79 Å². The molecule has 0 unspecified atom stereocenters. The molecule has 0 fully saturated rings. The van der Waals surface area contributed by atoms with Crippen LogP contribution in [0.15, 0.2) is 89.9 Å². The van der Waals surface area contributed by atoms with Gasteiger partial charge in [-0.05, 0) is 79.6 Å². The molecule has 0 aliphatic rings. The Morgan fingerprint density at radius 1 is 0.773 bits per heavy atom. The quantitative estimate of drug-likeness (QED) is 0.132. The highest BCUT2D eigenvalue weighted by Gasteiger charge is 2.15. The van der Waals surface area contributed by atoms with Crippen LogP contribution in [0.2, 0.25) is 0 Å². The van der Waals surface area contributed by atoms with Gasteiger partial charge in [0.05, 0.1) is 23.4 Å². The fourth-order valence-electron chi connectivity index (χ4n) is 4.81. The van der Waals surface area contributed by atoms with Crippen LogP contribution in [0, 0.1) is 0 Å². The van der Waals surface area contributed by atoms with Crippen molar-refractivity contribution in [2.24, 2.45) is 0 Å². The van der Waals surface area contributed by atoms with E-state index in [1.54, 1.807) is 0 Å². The van der Waals surface area contributed by atoms with Gasteiger partial charge in [0.2, 0.25) is 4.96 Å². The topological polar surface area (TPSA) is 83.5 Å². The largest absolute Gasteiger partial charge is 0.494 e. The molecule has 0 spiro atoms. The van der Waals surface area contributed by atoms with E-state index in [1.165, 1.54) is 15.9 Å². The summed E-state index contributed by atoms with van der Waals surface area (Å²) in [4.78, 5) is 18.7. The van der Waals surface area contributed by atoms with E-state index < -0.39 is 0 Å². The third-order valence-electron chi connectivity index (χ3n) is 7.26. The number of rotatable bonds is 13. The lowest BCUT2D eigenvalue weighted by Gasteiger charge is -2.06. The highest BCUT2D eigenvalue weighted by Crippen LogP contribution is 2.27. The molecule has 3 aromatic carbocycles. The van der Waals surface area contributed by atoms with Crippen LogP contribution in [-0.2, 0) is 0 Å². The van der Waals surface area contributed by atoms with Gasteiger partial charge in [0.1, 0.15) is 17.2 Å². The van der Waals surface area contributed by atoms with Gasteiger partial charge in [-0.15, -0.1) is 5.10 Å². The maximum Gasteiger partial charge on any atom is 0.291 e. The fourth-order valence-corrected chi connectivity index (χ4v) is 5.71. The molecule has 3 aromatic heterocycles. The Morgan fingerprint density at radius 2 is 1.43 bits per heavy atom. The van der Waals surface area contributed by atoms with Gasteiger partial charge in [-0.2, -0.15) is 14.6 Å². The summed E-state index contributed by atoms with van der Waals surface area (Å²) in [6, 6.07) is 25.6. The van der Waals surface area contributed by atoms with Crippen LogP contribution in [0.3, 0.4) is 0 Å². The minimum atomic E-state index is -0.210. The van der Waals surface area contributed by atoms with Crippen molar-refractivity contribution in [1.82, 2.24) is 24.4 Å². The van der Waals surface area contributed by atoms with E-state index in [0.29, 0.717) is 28.5 Å². The summed E-state index contributed by atoms with van der Waals surface area (Å²) in [7, 11) is 0. The summed E-state index contributed by atoms with van der Waals surface area (Å²) in [5.41, 5.74) is 4.08. The minimum Gasteiger partial charge on any atom is -0.494 e. The summed E-state index contributed by atoms with van der Waals surface area (Å²) < 4.78 is 15.4. The van der Waals surface area contributed by atoms with Crippen LogP contribution in [0.25, 0.3) is 39.4 Å². The van der Waals surface area contributed by atoms with E-state index in [1.807, 2.05) is 95.8 Å². The van der Waals surface area contributed by atoms with Crippen LogP contribution < -0.4 is 19.6 Å². The van der Waals surface area contributed by atoms with Crippen LogP contribution >= 0.6 is 11.3 Å². The minimum absolute atomic E-state index is 0.210. The molecule has 0 radical (unpaired) electrons. The third kappa shape index (κ3) is 6.58. The Hall–Kier alpha value is -4.76. The molecule has 0 N–H and O–H groups in total. The molecule has 3 heterocycles. The van der Waals surface area contributed by atoms with Crippen LogP contribution in [0.1, 0.15) is 51.5 Å². The van der Waals surface area contributed by atoms with Gasteiger partial charge in [-0.25, -0.2) is 4.68 Å². The Kier molecular flexibility index (Phi) is 9.12. The summed E-state index contributed by atoms with van der Waals surface area (Å²) in [6.45, 7) is 5.72. The molecular weight excluding hydrogens is 570 g/mol. The predicted molar refractivity (Wildman–Crippen MR) is 176 cm³/mol. The van der Waals surface area contributed by atoms with Crippen molar-refractivity contribution < 1.29 is 9.47 Å². The molecule has 6 rings (SSSR count). The van der Waals surface area contributed by atoms with E-state index in [2.05, 4.69) is 23.9 Å². The molecule has 0 saturated heterocycles. The van der Waals surface area contributed by atoms with E-state index in [0.717, 1.165) is 71.7 Å². The van der Waals surface area contributed by atoms with E-state index in [4.69, 9.17) is 14.6 Å². The zero-order chi connectivity index (χ0) is 30.3. The van der Waals surface area contributed by atoms with E-state index in [9.17, 15) is 4.79 Å².